The smallest absolute Gasteiger partial charge is 0.266 e. The largest absolute Gasteiger partial charge is 0.268 e. The Hall–Kier alpha value is -2.77. The first kappa shape index (κ1) is 20.2. The number of hydrogen-bond acceptors (Lipinski definition) is 2. The van der Waals surface area contributed by atoms with Crippen molar-refractivity contribution in [1.82, 2.24) is 9.55 Å². The van der Waals surface area contributed by atoms with Crippen molar-refractivity contribution in [2.75, 3.05) is 0 Å². The molecule has 0 spiro atoms. The van der Waals surface area contributed by atoms with Gasteiger partial charge in [0.05, 0.1) is 16.6 Å². The second-order valence-electron chi connectivity index (χ2n) is 7.16. The van der Waals surface area contributed by atoms with Crippen LogP contribution in [0.25, 0.3) is 39.5 Å². The lowest BCUT2D eigenvalue weighted by molar-refractivity contribution is 0.951. The number of nitrogens with zero attached hydrogens (tertiary/aromatic N) is 2. The van der Waals surface area contributed by atoms with Gasteiger partial charge in [0.1, 0.15) is 5.82 Å². The van der Waals surface area contributed by atoms with Crippen molar-refractivity contribution in [1.29, 1.82) is 0 Å². The molecule has 5 heteroatoms. The van der Waals surface area contributed by atoms with Crippen LogP contribution in [0.1, 0.15) is 11.4 Å². The van der Waals surface area contributed by atoms with Crippen molar-refractivity contribution in [2.45, 2.75) is 0 Å². The van der Waals surface area contributed by atoms with Crippen LogP contribution in [-0.2, 0) is 0 Å². The van der Waals surface area contributed by atoms with E-state index in [4.69, 9.17) is 4.98 Å². The van der Waals surface area contributed by atoms with Crippen LogP contribution in [-0.4, -0.2) is 9.55 Å². The Morgan fingerprint density at radius 2 is 1.61 bits per heavy atom. The number of fused-ring (bicyclic) bond motifs is 2. The Morgan fingerprint density at radius 3 is 2.45 bits per heavy atom. The molecule has 0 unspecified atom stereocenters. The van der Waals surface area contributed by atoms with E-state index in [1.165, 1.54) is 0 Å². The number of hydrogen-bond donors (Lipinski definition) is 0. The summed E-state index contributed by atoms with van der Waals surface area (Å²) in [7, 11) is 0. The lowest BCUT2D eigenvalue weighted by Crippen LogP contribution is -2.22. The Balaban J connectivity index is 1.80. The molecule has 31 heavy (non-hydrogen) atoms. The fourth-order valence-electron chi connectivity index (χ4n) is 3.67. The zero-order valence-electron chi connectivity index (χ0n) is 16.3. The molecule has 0 radical (unpaired) electrons. The first-order valence-electron chi connectivity index (χ1n) is 9.74. The van der Waals surface area contributed by atoms with Crippen LogP contribution in [0.15, 0.2) is 94.2 Å². The second-order valence-corrected chi connectivity index (χ2v) is 9.32. The highest BCUT2D eigenvalue weighted by Gasteiger charge is 2.13. The van der Waals surface area contributed by atoms with E-state index in [0.29, 0.717) is 16.7 Å². The normalized spacial score (nSPS) is 11.5. The van der Waals surface area contributed by atoms with E-state index in [1.54, 1.807) is 4.57 Å². The van der Waals surface area contributed by atoms with Crippen LogP contribution in [0.5, 0.6) is 0 Å². The fraction of sp³-hybridized carbons (Fsp3) is 0. The monoisotopic (exact) mass is 578 g/mol. The molecule has 1 aromatic heterocycles. The van der Waals surface area contributed by atoms with Gasteiger partial charge in [-0.05, 0) is 76.0 Å². The maximum Gasteiger partial charge on any atom is 0.266 e. The quantitative estimate of drug-likeness (QED) is 0.214. The molecule has 0 aliphatic carbocycles. The molecule has 5 rings (SSSR count). The third kappa shape index (κ3) is 3.95. The molecule has 5 aromatic rings. The predicted octanol–water partition coefficient (Wildman–Crippen LogP) is 7.08. The van der Waals surface area contributed by atoms with Gasteiger partial charge in [0, 0.05) is 13.4 Å². The molecule has 0 aliphatic heterocycles. The Kier molecular flexibility index (Phi) is 5.46. The van der Waals surface area contributed by atoms with E-state index in [1.807, 2.05) is 84.9 Å². The summed E-state index contributed by atoms with van der Waals surface area (Å²) in [6.07, 6.45) is 3.89. The molecule has 150 valence electrons. The standard InChI is InChI=1S/C26H16BrIN2O/c27-19-11-8-17(9-12-19)10-15-25-29-23-14-13-20(28)16-22(23)26(31)30(25)24-7-3-5-18-4-1-2-6-21(18)24/h1-16H/b15-10+. The first-order chi connectivity index (χ1) is 15.1. The van der Waals surface area contributed by atoms with Gasteiger partial charge in [-0.25, -0.2) is 4.98 Å². The Morgan fingerprint density at radius 1 is 0.839 bits per heavy atom. The summed E-state index contributed by atoms with van der Waals surface area (Å²) in [6.45, 7) is 0. The summed E-state index contributed by atoms with van der Waals surface area (Å²) in [5.74, 6) is 0.595. The average Bonchev–Trinajstić information content (AvgIpc) is 2.79. The Labute approximate surface area is 201 Å². The van der Waals surface area contributed by atoms with Crippen LogP contribution in [0.3, 0.4) is 0 Å². The summed E-state index contributed by atoms with van der Waals surface area (Å²) in [4.78, 5) is 18.5. The van der Waals surface area contributed by atoms with Crippen molar-refractivity contribution in [3.05, 3.63) is 115 Å². The van der Waals surface area contributed by atoms with Gasteiger partial charge in [0.2, 0.25) is 0 Å². The molecule has 3 nitrogen and oxygen atoms in total. The van der Waals surface area contributed by atoms with Crippen molar-refractivity contribution in [3.63, 3.8) is 0 Å². The number of benzene rings is 4. The highest BCUT2D eigenvalue weighted by molar-refractivity contribution is 14.1. The molecule has 0 aliphatic rings. The van der Waals surface area contributed by atoms with Crippen molar-refractivity contribution >= 4 is 72.3 Å². The SMILES string of the molecule is O=c1c2cc(I)ccc2nc(/C=C/c2ccc(Br)cc2)n1-c1cccc2ccccc12. The minimum atomic E-state index is -0.0738. The summed E-state index contributed by atoms with van der Waals surface area (Å²) in [5, 5.41) is 2.70. The maximum atomic E-state index is 13.7. The van der Waals surface area contributed by atoms with Gasteiger partial charge < -0.3 is 0 Å². The molecular weight excluding hydrogens is 563 g/mol. The van der Waals surface area contributed by atoms with Crippen LogP contribution < -0.4 is 5.56 Å². The van der Waals surface area contributed by atoms with Gasteiger partial charge in [-0.1, -0.05) is 70.5 Å². The van der Waals surface area contributed by atoms with Crippen LogP contribution >= 0.6 is 38.5 Å². The molecule has 0 saturated carbocycles. The average molecular weight is 579 g/mol. The van der Waals surface area contributed by atoms with Crippen LogP contribution in [0.2, 0.25) is 0 Å². The zero-order valence-corrected chi connectivity index (χ0v) is 20.0. The molecular formula is C26H16BrIN2O. The van der Waals surface area contributed by atoms with Gasteiger partial charge in [-0.15, -0.1) is 0 Å². The number of halogens is 2. The molecule has 0 amide bonds. The molecule has 4 aromatic carbocycles. The van der Waals surface area contributed by atoms with E-state index in [0.717, 1.165) is 30.1 Å². The lowest BCUT2D eigenvalue weighted by atomic mass is 10.1. The third-order valence-electron chi connectivity index (χ3n) is 5.16. The highest BCUT2D eigenvalue weighted by atomic mass is 127. The summed E-state index contributed by atoms with van der Waals surface area (Å²) >= 11 is 5.69. The molecule has 0 atom stereocenters. The topological polar surface area (TPSA) is 34.9 Å². The summed E-state index contributed by atoms with van der Waals surface area (Å²) < 4.78 is 3.75. The Bertz CT molecular complexity index is 1520. The minimum absolute atomic E-state index is 0.0738. The number of aromatic nitrogens is 2. The van der Waals surface area contributed by atoms with E-state index in [2.05, 4.69) is 50.7 Å². The second kappa shape index (κ2) is 8.40. The van der Waals surface area contributed by atoms with Gasteiger partial charge >= 0.3 is 0 Å². The molecule has 0 bridgehead atoms. The van der Waals surface area contributed by atoms with Gasteiger partial charge in [-0.3, -0.25) is 9.36 Å². The van der Waals surface area contributed by atoms with Crippen molar-refractivity contribution in [2.24, 2.45) is 0 Å². The zero-order chi connectivity index (χ0) is 21.4. The van der Waals surface area contributed by atoms with Crippen LogP contribution in [0, 0.1) is 3.57 Å². The van der Waals surface area contributed by atoms with E-state index in [-0.39, 0.29) is 5.56 Å². The van der Waals surface area contributed by atoms with Crippen molar-refractivity contribution in [3.8, 4) is 5.69 Å². The molecule has 0 fully saturated rings. The van der Waals surface area contributed by atoms with E-state index < -0.39 is 0 Å². The minimum Gasteiger partial charge on any atom is -0.268 e. The lowest BCUT2D eigenvalue weighted by Gasteiger charge is -2.14. The molecule has 0 N–H and O–H groups in total. The fourth-order valence-corrected chi connectivity index (χ4v) is 4.42. The first-order valence-corrected chi connectivity index (χ1v) is 11.6. The number of rotatable bonds is 3. The van der Waals surface area contributed by atoms with Gasteiger partial charge in [0.25, 0.3) is 5.56 Å². The molecule has 1 heterocycles. The van der Waals surface area contributed by atoms with E-state index in [9.17, 15) is 4.79 Å². The van der Waals surface area contributed by atoms with E-state index >= 15 is 0 Å². The van der Waals surface area contributed by atoms with Gasteiger partial charge in [0.15, 0.2) is 0 Å². The summed E-state index contributed by atoms with van der Waals surface area (Å²) in [5.41, 5.74) is 2.48. The maximum absolute atomic E-state index is 13.7. The molecule has 0 saturated heterocycles. The van der Waals surface area contributed by atoms with Crippen LogP contribution in [0.4, 0.5) is 0 Å². The highest BCUT2D eigenvalue weighted by Crippen LogP contribution is 2.24. The summed E-state index contributed by atoms with van der Waals surface area (Å²) in [6, 6.07) is 27.9. The third-order valence-corrected chi connectivity index (χ3v) is 6.36. The predicted molar refractivity (Wildman–Crippen MR) is 141 cm³/mol. The van der Waals surface area contributed by atoms with Crippen molar-refractivity contribution < 1.29 is 0 Å². The van der Waals surface area contributed by atoms with Gasteiger partial charge in [-0.2, -0.15) is 0 Å².